The number of urea groups is 2. The van der Waals surface area contributed by atoms with E-state index in [2.05, 4.69) is 60.5 Å². The molecule has 0 spiro atoms. The molecule has 12 N–H and O–H groups in total. The fourth-order valence-corrected chi connectivity index (χ4v) is 7.77. The molecule has 0 radical (unpaired) electrons. The van der Waals surface area contributed by atoms with Crippen LogP contribution >= 0.6 is 0 Å². The first-order valence-corrected chi connectivity index (χ1v) is 22.6. The fraction of sp³-hybridized carbons (Fsp3) is 0.327. The predicted octanol–water partition coefficient (Wildman–Crippen LogP) is 1.57. The minimum absolute atomic E-state index is 0.0135. The largest absolute Gasteiger partial charge is 0.368 e. The van der Waals surface area contributed by atoms with E-state index in [1.807, 2.05) is 59.5 Å². The summed E-state index contributed by atoms with van der Waals surface area (Å²) in [7, 11) is 0. The van der Waals surface area contributed by atoms with Gasteiger partial charge in [-0.2, -0.15) is 0 Å². The Morgan fingerprint density at radius 3 is 2.04 bits per heavy atom. The average Bonchev–Trinajstić information content (AvgIpc) is 3.95. The van der Waals surface area contributed by atoms with Crippen molar-refractivity contribution < 1.29 is 33.6 Å². The van der Waals surface area contributed by atoms with Gasteiger partial charge in [-0.05, 0) is 61.6 Å². The summed E-state index contributed by atoms with van der Waals surface area (Å²) in [6.07, 6.45) is 6.31. The van der Waals surface area contributed by atoms with Crippen molar-refractivity contribution in [3.63, 3.8) is 0 Å². The summed E-state index contributed by atoms with van der Waals surface area (Å²) < 4.78 is 0. The second-order valence-corrected chi connectivity index (χ2v) is 16.6. The summed E-state index contributed by atoms with van der Waals surface area (Å²) in [4.78, 5) is 105. The third kappa shape index (κ3) is 14.2. The van der Waals surface area contributed by atoms with Crippen LogP contribution in [-0.4, -0.2) is 123 Å². The molecule has 3 aromatic carbocycles. The molecule has 0 saturated carbocycles. The van der Waals surface area contributed by atoms with Crippen LogP contribution in [0, 0.1) is 11.8 Å². The number of carbonyl (C=O) groups excluding carboxylic acids is 7. The maximum atomic E-state index is 14.5. The number of aromatic nitrogens is 2. The first-order valence-electron chi connectivity index (χ1n) is 22.6. The summed E-state index contributed by atoms with van der Waals surface area (Å²) in [5.74, 6) is 2.20. The minimum atomic E-state index is -1.32. The van der Waals surface area contributed by atoms with E-state index in [9.17, 15) is 33.6 Å². The van der Waals surface area contributed by atoms with Gasteiger partial charge in [0, 0.05) is 53.6 Å². The van der Waals surface area contributed by atoms with Gasteiger partial charge < -0.3 is 42.7 Å². The van der Waals surface area contributed by atoms with Crippen LogP contribution in [0.4, 0.5) is 9.59 Å². The van der Waals surface area contributed by atoms with Crippen molar-refractivity contribution in [3.8, 4) is 11.8 Å². The van der Waals surface area contributed by atoms with E-state index >= 15 is 0 Å². The highest BCUT2D eigenvalue weighted by atomic mass is 16.2. The van der Waals surface area contributed by atoms with Crippen molar-refractivity contribution in [1.82, 2.24) is 57.0 Å². The molecule has 0 fully saturated rings. The van der Waals surface area contributed by atoms with Crippen molar-refractivity contribution in [2.45, 2.75) is 69.7 Å². The summed E-state index contributed by atoms with van der Waals surface area (Å²) in [5, 5.41) is 14.4. The Balaban J connectivity index is 1.35. The van der Waals surface area contributed by atoms with Crippen LogP contribution in [0.5, 0.6) is 0 Å². The lowest BCUT2D eigenvalue weighted by atomic mass is 10.0. The van der Waals surface area contributed by atoms with Crippen LogP contribution in [0.1, 0.15) is 42.9 Å². The third-order valence-corrected chi connectivity index (χ3v) is 11.5. The standard InChI is InChI=1S/C49H59N13O7/c1-3-22-60-23-12-11-21-40(44(51)64)55-47(67)41(26-33-15-5-4-6-16-33)56-49(69)62(31-35-30-53-39-20-10-8-18-37(35)39)59-45(65)32(2)54-46(66)42(27-34-29-52-38-19-9-7-17-36(34)38)57-48(68)61(25-14-13-24-60)58-43(63)28-50/h3-10,15-20,29-30,32,40-42,52-53H,1,11-12,21-28,31,50H2,2H3,(H2,51,64)(H,54,66)(H,55,67)(H,56,69)(H,57,68)(H,58,63)(H,59,65)/t32-,40-,41+,42+/m0/s1. The molecule has 1 aliphatic heterocycles. The monoisotopic (exact) mass is 941 g/mol. The Bertz CT molecular complexity index is 2690. The molecule has 3 heterocycles. The van der Waals surface area contributed by atoms with E-state index < -0.39 is 72.3 Å². The van der Waals surface area contributed by atoms with E-state index in [-0.39, 0.29) is 38.9 Å². The molecule has 0 bridgehead atoms. The summed E-state index contributed by atoms with van der Waals surface area (Å²) in [6, 6.07) is 17.0. The second-order valence-electron chi connectivity index (χ2n) is 16.6. The quantitative estimate of drug-likeness (QED) is 0.0679. The fourth-order valence-electron chi connectivity index (χ4n) is 7.77. The molecule has 0 saturated heterocycles. The molecule has 2 aromatic heterocycles. The van der Waals surface area contributed by atoms with Crippen molar-refractivity contribution in [1.29, 1.82) is 0 Å². The number of nitrogens with zero attached hydrogens (tertiary/aromatic N) is 3. The summed E-state index contributed by atoms with van der Waals surface area (Å²) in [5.41, 5.74) is 20.0. The highest BCUT2D eigenvalue weighted by Crippen LogP contribution is 2.21. The number of amides is 9. The third-order valence-electron chi connectivity index (χ3n) is 11.5. The Hall–Kier alpha value is -8.15. The molecular weight excluding hydrogens is 883 g/mol. The van der Waals surface area contributed by atoms with Gasteiger partial charge in [-0.1, -0.05) is 84.6 Å². The normalized spacial score (nSPS) is 19.9. The number of rotatable bonds is 11. The van der Waals surface area contributed by atoms with Gasteiger partial charge in [-0.25, -0.2) is 19.6 Å². The zero-order valence-electron chi connectivity index (χ0n) is 38.4. The van der Waals surface area contributed by atoms with E-state index in [0.717, 1.165) is 31.8 Å². The number of nitrogens with two attached hydrogens (primary N) is 2. The van der Waals surface area contributed by atoms with E-state index in [1.54, 1.807) is 42.7 Å². The van der Waals surface area contributed by atoms with Crippen LogP contribution in [0.2, 0.25) is 0 Å². The molecule has 69 heavy (non-hydrogen) atoms. The molecule has 5 aromatic rings. The Labute approximate surface area is 399 Å². The molecule has 20 heteroatoms. The van der Waals surface area contributed by atoms with Crippen molar-refractivity contribution >= 4 is 63.4 Å². The lowest BCUT2D eigenvalue weighted by Crippen LogP contribution is -2.61. The average molecular weight is 942 g/mol. The molecule has 4 atom stereocenters. The van der Waals surface area contributed by atoms with Crippen LogP contribution in [0.25, 0.3) is 21.8 Å². The van der Waals surface area contributed by atoms with E-state index in [4.69, 9.17) is 11.5 Å². The van der Waals surface area contributed by atoms with Gasteiger partial charge in [0.05, 0.1) is 19.6 Å². The maximum absolute atomic E-state index is 14.5. The number of primary amides is 1. The Morgan fingerprint density at radius 1 is 0.754 bits per heavy atom. The zero-order valence-corrected chi connectivity index (χ0v) is 38.4. The maximum Gasteiger partial charge on any atom is 0.337 e. The molecule has 9 amide bonds. The number of H-pyrrole nitrogens is 2. The van der Waals surface area contributed by atoms with E-state index in [0.29, 0.717) is 42.6 Å². The van der Waals surface area contributed by atoms with Crippen LogP contribution < -0.4 is 43.6 Å². The number of benzene rings is 3. The number of aromatic amines is 2. The predicted molar refractivity (Wildman–Crippen MR) is 260 cm³/mol. The summed E-state index contributed by atoms with van der Waals surface area (Å²) in [6.45, 7) is 5.53. The zero-order chi connectivity index (χ0) is 49.3. The first-order chi connectivity index (χ1) is 33.3. The SMILES string of the molecule is C=CCN1CC#CCN(NC(=O)CN)C(=O)N[C@H](Cc2c[nH]c3ccccc23)C(=O)N[C@@H](C)C(=O)NN(Cc2c[nH]c3ccccc23)C(=O)N[C@H](Cc2ccccc2)C(=O)N[C@H](C(N)=O)CCCC1. The van der Waals surface area contributed by atoms with Gasteiger partial charge in [0.25, 0.3) is 11.8 Å². The molecule has 6 rings (SSSR count). The van der Waals surface area contributed by atoms with Gasteiger partial charge in [0.15, 0.2) is 0 Å². The van der Waals surface area contributed by atoms with Crippen LogP contribution in [-0.2, 0) is 43.4 Å². The van der Waals surface area contributed by atoms with Gasteiger partial charge in [-0.3, -0.25) is 39.7 Å². The minimum Gasteiger partial charge on any atom is -0.368 e. The number of para-hydroxylation sites is 2. The van der Waals surface area contributed by atoms with E-state index in [1.165, 1.54) is 6.92 Å². The second kappa shape index (κ2) is 24.6. The lowest BCUT2D eigenvalue weighted by molar-refractivity contribution is -0.131. The molecule has 0 unspecified atom stereocenters. The number of hydrogen-bond donors (Lipinski definition) is 10. The smallest absolute Gasteiger partial charge is 0.337 e. The Morgan fingerprint density at radius 2 is 1.36 bits per heavy atom. The van der Waals surface area contributed by atoms with Crippen LogP contribution in [0.15, 0.2) is 104 Å². The van der Waals surface area contributed by atoms with Crippen molar-refractivity contribution in [3.05, 3.63) is 121 Å². The highest BCUT2D eigenvalue weighted by molar-refractivity contribution is 5.95. The van der Waals surface area contributed by atoms with Gasteiger partial charge >= 0.3 is 12.1 Å². The number of fused-ring (bicyclic) bond motifs is 2. The van der Waals surface area contributed by atoms with Gasteiger partial charge in [-0.15, -0.1) is 6.58 Å². The van der Waals surface area contributed by atoms with Crippen molar-refractivity contribution in [2.24, 2.45) is 11.5 Å². The lowest BCUT2D eigenvalue weighted by Gasteiger charge is -2.29. The summed E-state index contributed by atoms with van der Waals surface area (Å²) >= 11 is 0. The topological polar surface area (TPSA) is 285 Å². The number of hydrogen-bond acceptors (Lipinski definition) is 9. The molecule has 362 valence electrons. The highest BCUT2D eigenvalue weighted by Gasteiger charge is 2.32. The molecular formula is C49H59N13O7. The van der Waals surface area contributed by atoms with Gasteiger partial charge in [0.1, 0.15) is 30.7 Å². The molecule has 20 nitrogen and oxygen atoms in total. The van der Waals surface area contributed by atoms with Gasteiger partial charge in [0.2, 0.25) is 17.7 Å². The Kier molecular flexibility index (Phi) is 17.9. The first kappa shape index (κ1) is 50.3. The van der Waals surface area contributed by atoms with Crippen LogP contribution in [0.3, 0.4) is 0 Å². The number of carbonyl (C=O) groups is 7. The van der Waals surface area contributed by atoms with Crippen molar-refractivity contribution in [2.75, 3.05) is 32.7 Å². The number of hydrazine groups is 2. The number of nitrogens with one attached hydrogen (secondary N) is 8. The molecule has 1 aliphatic rings. The molecule has 0 aliphatic carbocycles.